The van der Waals surface area contributed by atoms with Crippen molar-refractivity contribution in [3.8, 4) is 5.75 Å². The molecular weight excluding hydrogens is 242 g/mol. The van der Waals surface area contributed by atoms with Gasteiger partial charge in [-0.25, -0.2) is 0 Å². The van der Waals surface area contributed by atoms with Crippen LogP contribution in [-0.4, -0.2) is 6.61 Å². The van der Waals surface area contributed by atoms with Crippen molar-refractivity contribution in [2.75, 3.05) is 6.61 Å². The zero-order valence-electron chi connectivity index (χ0n) is 10.8. The lowest BCUT2D eigenvalue weighted by molar-refractivity contribution is 0.317. The molecule has 0 aliphatic heterocycles. The van der Waals surface area contributed by atoms with E-state index in [0.717, 1.165) is 17.7 Å². The summed E-state index contributed by atoms with van der Waals surface area (Å²) in [6.45, 7) is 4.74. The van der Waals surface area contributed by atoms with E-state index in [1.54, 1.807) is 11.3 Å². The summed E-state index contributed by atoms with van der Waals surface area (Å²) >= 11 is 1.72. The molecule has 2 rings (SSSR count). The minimum Gasteiger partial charge on any atom is -0.493 e. The van der Waals surface area contributed by atoms with E-state index < -0.39 is 0 Å². The van der Waals surface area contributed by atoms with Gasteiger partial charge in [0.15, 0.2) is 0 Å². The van der Waals surface area contributed by atoms with Crippen LogP contribution in [0.1, 0.15) is 29.7 Å². The van der Waals surface area contributed by atoms with Crippen molar-refractivity contribution in [2.24, 2.45) is 5.73 Å². The van der Waals surface area contributed by atoms with Crippen molar-refractivity contribution in [1.82, 2.24) is 0 Å². The van der Waals surface area contributed by atoms with Crippen LogP contribution in [0.2, 0.25) is 0 Å². The average molecular weight is 261 g/mol. The van der Waals surface area contributed by atoms with E-state index in [9.17, 15) is 0 Å². The van der Waals surface area contributed by atoms with Gasteiger partial charge in [0.25, 0.3) is 0 Å². The van der Waals surface area contributed by atoms with Crippen molar-refractivity contribution < 1.29 is 4.74 Å². The number of aryl methyl sites for hydroxylation is 1. The maximum atomic E-state index is 5.95. The Kier molecular flexibility index (Phi) is 4.39. The third-order valence-electron chi connectivity index (χ3n) is 2.89. The van der Waals surface area contributed by atoms with Crippen LogP contribution in [0, 0.1) is 6.92 Å². The number of thiophene rings is 1. The van der Waals surface area contributed by atoms with Crippen LogP contribution in [0.5, 0.6) is 5.75 Å². The molecule has 0 saturated heterocycles. The summed E-state index contributed by atoms with van der Waals surface area (Å²) in [6.07, 6.45) is 0.940. The SMILES string of the molecule is Cc1ccc(C(C)N)c(OCCc2ccsc2)c1. The molecule has 96 valence electrons. The Morgan fingerprint density at radius 1 is 1.33 bits per heavy atom. The van der Waals surface area contributed by atoms with Crippen molar-refractivity contribution in [1.29, 1.82) is 0 Å². The third-order valence-corrected chi connectivity index (χ3v) is 3.62. The molecule has 1 heterocycles. The molecule has 0 saturated carbocycles. The highest BCUT2D eigenvalue weighted by molar-refractivity contribution is 7.07. The van der Waals surface area contributed by atoms with E-state index in [-0.39, 0.29) is 6.04 Å². The van der Waals surface area contributed by atoms with Gasteiger partial charge < -0.3 is 10.5 Å². The number of rotatable bonds is 5. The Balaban J connectivity index is 2.01. The second-order valence-corrected chi connectivity index (χ2v) is 5.34. The van der Waals surface area contributed by atoms with Crippen LogP contribution in [-0.2, 0) is 6.42 Å². The summed E-state index contributed by atoms with van der Waals surface area (Å²) < 4.78 is 5.88. The zero-order valence-corrected chi connectivity index (χ0v) is 11.7. The Labute approximate surface area is 112 Å². The molecule has 0 radical (unpaired) electrons. The fraction of sp³-hybridized carbons (Fsp3) is 0.333. The maximum absolute atomic E-state index is 5.95. The van der Waals surface area contributed by atoms with Crippen molar-refractivity contribution >= 4 is 11.3 Å². The summed E-state index contributed by atoms with van der Waals surface area (Å²) in [4.78, 5) is 0. The van der Waals surface area contributed by atoms with Gasteiger partial charge in [-0.2, -0.15) is 11.3 Å². The molecular formula is C15H19NOS. The van der Waals surface area contributed by atoms with Gasteiger partial charge in [0, 0.05) is 18.0 Å². The van der Waals surface area contributed by atoms with Gasteiger partial charge in [0.1, 0.15) is 5.75 Å². The van der Waals surface area contributed by atoms with Gasteiger partial charge in [-0.05, 0) is 47.9 Å². The fourth-order valence-corrected chi connectivity index (χ4v) is 2.56. The molecule has 0 fully saturated rings. The average Bonchev–Trinajstić information content (AvgIpc) is 2.82. The van der Waals surface area contributed by atoms with Crippen molar-refractivity contribution in [3.63, 3.8) is 0 Å². The summed E-state index contributed by atoms with van der Waals surface area (Å²) in [7, 11) is 0. The summed E-state index contributed by atoms with van der Waals surface area (Å²) in [5.41, 5.74) is 9.56. The molecule has 0 aliphatic carbocycles. The highest BCUT2D eigenvalue weighted by Crippen LogP contribution is 2.25. The first kappa shape index (κ1) is 13.1. The number of ether oxygens (including phenoxy) is 1. The van der Waals surface area contributed by atoms with Crippen LogP contribution < -0.4 is 10.5 Å². The van der Waals surface area contributed by atoms with Crippen molar-refractivity contribution in [2.45, 2.75) is 26.3 Å². The van der Waals surface area contributed by atoms with Gasteiger partial charge in [-0.15, -0.1) is 0 Å². The van der Waals surface area contributed by atoms with Crippen LogP contribution in [0.4, 0.5) is 0 Å². The number of hydrogen-bond acceptors (Lipinski definition) is 3. The molecule has 0 spiro atoms. The van der Waals surface area contributed by atoms with Crippen molar-refractivity contribution in [3.05, 3.63) is 51.7 Å². The lowest BCUT2D eigenvalue weighted by Gasteiger charge is -2.14. The number of benzene rings is 1. The molecule has 1 aromatic heterocycles. The zero-order chi connectivity index (χ0) is 13.0. The predicted octanol–water partition coefficient (Wildman–Crippen LogP) is 3.70. The second kappa shape index (κ2) is 6.03. The van der Waals surface area contributed by atoms with Crippen LogP contribution in [0.25, 0.3) is 0 Å². The highest BCUT2D eigenvalue weighted by atomic mass is 32.1. The van der Waals surface area contributed by atoms with E-state index in [1.165, 1.54) is 11.1 Å². The Bertz CT molecular complexity index is 491. The standard InChI is InChI=1S/C15H19NOS/c1-11-3-4-14(12(2)16)15(9-11)17-7-5-13-6-8-18-10-13/h3-4,6,8-10,12H,5,7,16H2,1-2H3. The van der Waals surface area contributed by atoms with Gasteiger partial charge in [-0.3, -0.25) is 0 Å². The molecule has 3 heteroatoms. The first-order valence-corrected chi connectivity index (χ1v) is 7.11. The van der Waals surface area contributed by atoms with Gasteiger partial charge in [0.2, 0.25) is 0 Å². The predicted molar refractivity (Wildman–Crippen MR) is 77.3 cm³/mol. The molecule has 1 atom stereocenters. The van der Waals surface area contributed by atoms with E-state index in [1.807, 2.05) is 6.92 Å². The lowest BCUT2D eigenvalue weighted by atomic mass is 10.1. The highest BCUT2D eigenvalue weighted by Gasteiger charge is 2.08. The maximum Gasteiger partial charge on any atom is 0.124 e. The van der Waals surface area contributed by atoms with Crippen LogP contribution in [0.15, 0.2) is 35.0 Å². The van der Waals surface area contributed by atoms with E-state index >= 15 is 0 Å². The quantitative estimate of drug-likeness (QED) is 0.890. The fourth-order valence-electron chi connectivity index (χ4n) is 1.86. The first-order valence-electron chi connectivity index (χ1n) is 6.17. The molecule has 2 N–H and O–H groups in total. The molecule has 1 aromatic carbocycles. The topological polar surface area (TPSA) is 35.2 Å². The molecule has 0 aliphatic rings. The van der Waals surface area contributed by atoms with E-state index in [2.05, 4.69) is 41.9 Å². The van der Waals surface area contributed by atoms with Crippen LogP contribution in [0.3, 0.4) is 0 Å². The number of nitrogens with two attached hydrogens (primary N) is 1. The summed E-state index contributed by atoms with van der Waals surface area (Å²) in [5.74, 6) is 0.917. The lowest BCUT2D eigenvalue weighted by Crippen LogP contribution is -2.09. The Morgan fingerprint density at radius 3 is 2.83 bits per heavy atom. The third kappa shape index (κ3) is 3.34. The first-order chi connectivity index (χ1) is 8.66. The molecule has 2 aromatic rings. The smallest absolute Gasteiger partial charge is 0.124 e. The largest absolute Gasteiger partial charge is 0.493 e. The van der Waals surface area contributed by atoms with Gasteiger partial charge >= 0.3 is 0 Å². The van der Waals surface area contributed by atoms with Gasteiger partial charge in [0.05, 0.1) is 6.61 Å². The normalized spacial score (nSPS) is 12.4. The summed E-state index contributed by atoms with van der Waals surface area (Å²) in [6, 6.07) is 8.33. The van der Waals surface area contributed by atoms with E-state index in [0.29, 0.717) is 6.61 Å². The Hall–Kier alpha value is -1.32. The van der Waals surface area contributed by atoms with Crippen LogP contribution >= 0.6 is 11.3 Å². The van der Waals surface area contributed by atoms with Gasteiger partial charge in [-0.1, -0.05) is 12.1 Å². The number of hydrogen-bond donors (Lipinski definition) is 1. The molecule has 18 heavy (non-hydrogen) atoms. The molecule has 2 nitrogen and oxygen atoms in total. The molecule has 1 unspecified atom stereocenters. The molecule has 0 amide bonds. The minimum absolute atomic E-state index is 0.00162. The monoisotopic (exact) mass is 261 g/mol. The Morgan fingerprint density at radius 2 is 2.17 bits per heavy atom. The minimum atomic E-state index is 0.00162. The second-order valence-electron chi connectivity index (χ2n) is 4.56. The van der Waals surface area contributed by atoms with E-state index in [4.69, 9.17) is 10.5 Å². The molecule has 0 bridgehead atoms. The summed E-state index contributed by atoms with van der Waals surface area (Å²) in [5, 5.41) is 4.25.